The van der Waals surface area contributed by atoms with Gasteiger partial charge in [-0.2, -0.15) is 0 Å². The van der Waals surface area contributed by atoms with Crippen molar-refractivity contribution in [2.45, 2.75) is 71.8 Å². The van der Waals surface area contributed by atoms with Crippen LogP contribution in [-0.2, 0) is 14.3 Å². The van der Waals surface area contributed by atoms with Gasteiger partial charge in [0.2, 0.25) is 0 Å². The minimum Gasteiger partial charge on any atom is -0.457 e. The summed E-state index contributed by atoms with van der Waals surface area (Å²) in [6.07, 6.45) is -1.64. The van der Waals surface area contributed by atoms with E-state index >= 15 is 0 Å². The van der Waals surface area contributed by atoms with Gasteiger partial charge in [-0.3, -0.25) is 4.79 Å². The number of alkyl carbamates (subject to hydrolysis) is 1. The van der Waals surface area contributed by atoms with Crippen LogP contribution in [0.2, 0.25) is 0 Å². The Balaban J connectivity index is 2.77. The van der Waals surface area contributed by atoms with Crippen LogP contribution < -0.4 is 5.32 Å². The maximum atomic E-state index is 11.9. The number of carbonyl (C=O) groups is 2. The predicted octanol–water partition coefficient (Wildman–Crippen LogP) is 1.85. The topological polar surface area (TPSA) is 84.9 Å². The number of amides is 1. The van der Waals surface area contributed by atoms with Crippen LogP contribution in [0.3, 0.4) is 0 Å². The third-order valence-electron chi connectivity index (χ3n) is 3.30. The fourth-order valence-electron chi connectivity index (χ4n) is 2.30. The molecule has 6 heteroatoms. The van der Waals surface area contributed by atoms with E-state index in [1.807, 2.05) is 13.8 Å². The summed E-state index contributed by atoms with van der Waals surface area (Å²) in [5.74, 6) is -0.746. The van der Waals surface area contributed by atoms with E-state index in [4.69, 9.17) is 9.47 Å². The van der Waals surface area contributed by atoms with Crippen molar-refractivity contribution in [2.75, 3.05) is 0 Å². The van der Waals surface area contributed by atoms with Crippen molar-refractivity contribution in [3.05, 3.63) is 0 Å². The number of hydrogen-bond donors (Lipinski definition) is 2. The van der Waals surface area contributed by atoms with E-state index in [2.05, 4.69) is 5.32 Å². The van der Waals surface area contributed by atoms with Crippen LogP contribution in [0.4, 0.5) is 4.79 Å². The van der Waals surface area contributed by atoms with Crippen molar-refractivity contribution >= 4 is 12.1 Å². The van der Waals surface area contributed by atoms with E-state index in [0.717, 1.165) is 0 Å². The van der Waals surface area contributed by atoms with Crippen LogP contribution in [0.1, 0.15) is 48.0 Å². The average Bonchev–Trinajstić information content (AvgIpc) is 2.53. The largest absolute Gasteiger partial charge is 0.457 e. The van der Waals surface area contributed by atoms with Crippen molar-refractivity contribution in [1.82, 2.24) is 5.32 Å². The summed E-state index contributed by atoms with van der Waals surface area (Å²) >= 11 is 0. The summed E-state index contributed by atoms with van der Waals surface area (Å²) in [4.78, 5) is 23.5. The second-order valence-electron chi connectivity index (χ2n) is 7.06. The van der Waals surface area contributed by atoms with E-state index in [9.17, 15) is 14.7 Å². The molecule has 1 aliphatic rings. The fraction of sp³-hybridized carbons (Fsp3) is 0.867. The molecule has 0 saturated carbocycles. The van der Waals surface area contributed by atoms with E-state index in [1.165, 1.54) is 0 Å². The summed E-state index contributed by atoms with van der Waals surface area (Å²) < 4.78 is 10.4. The third kappa shape index (κ3) is 5.19. The molecule has 0 bridgehead atoms. The molecule has 1 fully saturated rings. The first-order valence-electron chi connectivity index (χ1n) is 7.39. The van der Waals surface area contributed by atoms with E-state index in [1.54, 1.807) is 27.7 Å². The van der Waals surface area contributed by atoms with E-state index in [-0.39, 0.29) is 5.92 Å². The summed E-state index contributed by atoms with van der Waals surface area (Å²) in [6.45, 7) is 10.9. The predicted molar refractivity (Wildman–Crippen MR) is 77.7 cm³/mol. The highest BCUT2D eigenvalue weighted by Crippen LogP contribution is 2.26. The van der Waals surface area contributed by atoms with Gasteiger partial charge < -0.3 is 19.9 Å². The Labute approximate surface area is 126 Å². The molecule has 1 amide bonds. The molecule has 2 N–H and O–H groups in total. The second kappa shape index (κ2) is 6.64. The van der Waals surface area contributed by atoms with Crippen LogP contribution in [0.15, 0.2) is 0 Å². The molecule has 1 saturated heterocycles. The Morgan fingerprint density at radius 3 is 2.38 bits per heavy atom. The maximum Gasteiger partial charge on any atom is 0.408 e. The lowest BCUT2D eigenvalue weighted by Crippen LogP contribution is -2.49. The Morgan fingerprint density at radius 2 is 2.00 bits per heavy atom. The summed E-state index contributed by atoms with van der Waals surface area (Å²) in [6, 6.07) is -0.469. The lowest BCUT2D eigenvalue weighted by Gasteiger charge is -2.29. The zero-order valence-corrected chi connectivity index (χ0v) is 13.7. The number of esters is 1. The van der Waals surface area contributed by atoms with Gasteiger partial charge in [-0.15, -0.1) is 0 Å². The number of ether oxygens (including phenoxy) is 2. The van der Waals surface area contributed by atoms with Crippen LogP contribution in [0, 0.1) is 11.8 Å². The fourth-order valence-corrected chi connectivity index (χ4v) is 2.30. The molecule has 6 nitrogen and oxygen atoms in total. The number of nitrogens with one attached hydrogen (secondary N) is 1. The maximum absolute atomic E-state index is 11.9. The smallest absolute Gasteiger partial charge is 0.408 e. The van der Waals surface area contributed by atoms with E-state index < -0.39 is 41.8 Å². The highest BCUT2D eigenvalue weighted by Gasteiger charge is 2.45. The number of cyclic esters (lactones) is 1. The van der Waals surface area contributed by atoms with E-state index in [0.29, 0.717) is 6.42 Å². The molecule has 0 radical (unpaired) electrons. The van der Waals surface area contributed by atoms with Crippen molar-refractivity contribution in [3.8, 4) is 0 Å². The van der Waals surface area contributed by atoms with Crippen molar-refractivity contribution in [3.63, 3.8) is 0 Å². The third-order valence-corrected chi connectivity index (χ3v) is 3.30. The SMILES string of the molecule is CC(C)C[C@H](NC(=O)OC(C)(C)C)[C@@H]1OC(=O)[C@H](C)[C@H]1O. The first-order chi connectivity index (χ1) is 9.51. The monoisotopic (exact) mass is 301 g/mol. The zero-order chi connectivity index (χ0) is 16.4. The summed E-state index contributed by atoms with van der Waals surface area (Å²) in [5.41, 5.74) is -0.606. The standard InChI is InChI=1S/C15H27NO5/c1-8(2)7-10(16-14(19)21-15(4,5)6)12-11(17)9(3)13(18)20-12/h8-12,17H,7H2,1-6H3,(H,16,19)/t9-,10+,11-,12+/m1/s1. The Morgan fingerprint density at radius 1 is 1.43 bits per heavy atom. The first-order valence-corrected chi connectivity index (χ1v) is 7.39. The van der Waals surface area contributed by atoms with Gasteiger partial charge in [-0.1, -0.05) is 13.8 Å². The van der Waals surface area contributed by atoms with Crippen molar-refractivity contribution < 1.29 is 24.2 Å². The highest BCUT2D eigenvalue weighted by molar-refractivity contribution is 5.75. The minimum atomic E-state index is -0.920. The quantitative estimate of drug-likeness (QED) is 0.774. The molecular formula is C15H27NO5. The highest BCUT2D eigenvalue weighted by atomic mass is 16.6. The normalized spacial score (nSPS) is 27.4. The summed E-state index contributed by atoms with van der Waals surface area (Å²) in [7, 11) is 0. The van der Waals surface area contributed by atoms with Gasteiger partial charge in [0.15, 0.2) is 0 Å². The van der Waals surface area contributed by atoms with Crippen LogP contribution in [0.25, 0.3) is 0 Å². The number of aliphatic hydroxyl groups is 1. The second-order valence-corrected chi connectivity index (χ2v) is 7.06. The lowest BCUT2D eigenvalue weighted by molar-refractivity contribution is -0.145. The Bertz CT molecular complexity index is 388. The van der Waals surface area contributed by atoms with Gasteiger partial charge in [-0.25, -0.2) is 4.79 Å². The van der Waals surface area contributed by atoms with Gasteiger partial charge >= 0.3 is 12.1 Å². The molecule has 1 aliphatic heterocycles. The number of hydrogen-bond acceptors (Lipinski definition) is 5. The molecule has 1 heterocycles. The lowest BCUT2D eigenvalue weighted by atomic mass is 9.93. The molecular weight excluding hydrogens is 274 g/mol. The van der Waals surface area contributed by atoms with Gasteiger partial charge in [0, 0.05) is 0 Å². The molecule has 0 aromatic heterocycles. The molecule has 1 rings (SSSR count). The van der Waals surface area contributed by atoms with Gasteiger partial charge in [0.05, 0.1) is 12.0 Å². The summed E-state index contributed by atoms with van der Waals surface area (Å²) in [5, 5.41) is 12.8. The minimum absolute atomic E-state index is 0.270. The Kier molecular flexibility index (Phi) is 5.61. The van der Waals surface area contributed by atoms with Crippen LogP contribution >= 0.6 is 0 Å². The number of rotatable bonds is 4. The van der Waals surface area contributed by atoms with Gasteiger partial charge in [0.25, 0.3) is 0 Å². The molecule has 0 aliphatic carbocycles. The Hall–Kier alpha value is -1.30. The molecule has 0 aromatic rings. The van der Waals surface area contributed by atoms with Crippen LogP contribution in [0.5, 0.6) is 0 Å². The van der Waals surface area contributed by atoms with Crippen molar-refractivity contribution in [2.24, 2.45) is 11.8 Å². The first kappa shape index (κ1) is 17.8. The van der Waals surface area contributed by atoms with Gasteiger partial charge in [-0.05, 0) is 40.0 Å². The molecule has 21 heavy (non-hydrogen) atoms. The molecule has 0 unspecified atom stereocenters. The number of aliphatic hydroxyl groups excluding tert-OH is 1. The molecule has 4 atom stereocenters. The van der Waals surface area contributed by atoms with Crippen LogP contribution in [-0.4, -0.2) is 41.0 Å². The number of carbonyl (C=O) groups excluding carboxylic acids is 2. The van der Waals surface area contributed by atoms with Crippen molar-refractivity contribution in [1.29, 1.82) is 0 Å². The average molecular weight is 301 g/mol. The molecule has 122 valence electrons. The zero-order valence-electron chi connectivity index (χ0n) is 13.7. The molecule has 0 aromatic carbocycles. The molecule has 0 spiro atoms. The van der Waals surface area contributed by atoms with Gasteiger partial charge in [0.1, 0.15) is 17.8 Å².